The minimum atomic E-state index is 0.0771. The smallest absolute Gasteiger partial charge is 0.270 e. The number of benzene rings is 1. The van der Waals surface area contributed by atoms with Gasteiger partial charge in [-0.1, -0.05) is 19.1 Å². The normalized spacial score (nSPS) is 15.3. The van der Waals surface area contributed by atoms with Crippen LogP contribution in [0.25, 0.3) is 11.1 Å². The molecule has 0 unspecified atom stereocenters. The van der Waals surface area contributed by atoms with Crippen LogP contribution in [0.2, 0.25) is 0 Å². The lowest BCUT2D eigenvalue weighted by atomic mass is 10.2. The summed E-state index contributed by atoms with van der Waals surface area (Å²) in [5.74, 6) is 1.75. The number of aromatic nitrogens is 1. The SMILES string of the molecule is CCN1CCN(C(=O)c2cc3oc(C)cc3n2Cc2ccc(OC)cc2)CC1. The van der Waals surface area contributed by atoms with E-state index in [9.17, 15) is 4.79 Å². The first-order valence-electron chi connectivity index (χ1n) is 9.83. The van der Waals surface area contributed by atoms with E-state index in [0.29, 0.717) is 12.2 Å². The van der Waals surface area contributed by atoms with Crippen molar-refractivity contribution in [3.8, 4) is 5.75 Å². The molecule has 0 bridgehead atoms. The standard InChI is InChI=1S/C22H27N3O3/c1-4-23-9-11-24(12-10-23)22(26)20-14-21-19(13-16(2)28-21)25(20)15-17-5-7-18(27-3)8-6-17/h5-8,13-14H,4,9-12,15H2,1-3H3. The second-order valence-corrected chi connectivity index (χ2v) is 7.30. The molecule has 0 radical (unpaired) electrons. The van der Waals surface area contributed by atoms with Crippen LogP contribution in [-0.4, -0.2) is 60.1 Å². The number of carbonyl (C=O) groups excluding carboxylic acids is 1. The van der Waals surface area contributed by atoms with Crippen molar-refractivity contribution in [2.45, 2.75) is 20.4 Å². The van der Waals surface area contributed by atoms with Crippen molar-refractivity contribution in [1.29, 1.82) is 0 Å². The Morgan fingerprint density at radius 1 is 1.11 bits per heavy atom. The minimum absolute atomic E-state index is 0.0771. The molecule has 1 amide bonds. The number of furan rings is 1. The number of amides is 1. The Bertz CT molecular complexity index is 963. The lowest BCUT2D eigenvalue weighted by Gasteiger charge is -2.34. The maximum absolute atomic E-state index is 13.3. The summed E-state index contributed by atoms with van der Waals surface area (Å²) in [6.07, 6.45) is 0. The third kappa shape index (κ3) is 3.52. The highest BCUT2D eigenvalue weighted by molar-refractivity contribution is 5.97. The number of ether oxygens (including phenoxy) is 1. The number of hydrogen-bond acceptors (Lipinski definition) is 4. The molecule has 1 fully saturated rings. The number of carbonyl (C=O) groups is 1. The summed E-state index contributed by atoms with van der Waals surface area (Å²) in [4.78, 5) is 17.6. The number of methoxy groups -OCH3 is 1. The maximum Gasteiger partial charge on any atom is 0.270 e. The number of fused-ring (bicyclic) bond motifs is 1. The Labute approximate surface area is 165 Å². The first-order valence-corrected chi connectivity index (χ1v) is 9.83. The van der Waals surface area contributed by atoms with Crippen LogP contribution in [-0.2, 0) is 6.54 Å². The van der Waals surface area contributed by atoms with Gasteiger partial charge in [-0.25, -0.2) is 0 Å². The van der Waals surface area contributed by atoms with E-state index in [4.69, 9.17) is 9.15 Å². The van der Waals surface area contributed by atoms with E-state index in [0.717, 1.165) is 60.9 Å². The molecular formula is C22H27N3O3. The third-order valence-corrected chi connectivity index (χ3v) is 5.54. The van der Waals surface area contributed by atoms with Gasteiger partial charge in [0, 0.05) is 44.9 Å². The Kier molecular flexibility index (Phi) is 5.13. The van der Waals surface area contributed by atoms with Gasteiger partial charge in [0.15, 0.2) is 5.58 Å². The van der Waals surface area contributed by atoms with Crippen LogP contribution in [0, 0.1) is 6.92 Å². The van der Waals surface area contributed by atoms with Crippen LogP contribution in [0.15, 0.2) is 40.8 Å². The fourth-order valence-corrected chi connectivity index (χ4v) is 3.86. The van der Waals surface area contributed by atoms with Crippen molar-refractivity contribution in [2.75, 3.05) is 39.8 Å². The van der Waals surface area contributed by atoms with Crippen LogP contribution >= 0.6 is 0 Å². The maximum atomic E-state index is 13.3. The molecule has 6 nitrogen and oxygen atoms in total. The van der Waals surface area contributed by atoms with Crippen molar-refractivity contribution in [3.63, 3.8) is 0 Å². The molecule has 3 aromatic rings. The molecule has 6 heteroatoms. The van der Waals surface area contributed by atoms with E-state index in [1.807, 2.05) is 48.2 Å². The highest BCUT2D eigenvalue weighted by Gasteiger charge is 2.26. The molecule has 0 spiro atoms. The summed E-state index contributed by atoms with van der Waals surface area (Å²) in [7, 11) is 1.66. The highest BCUT2D eigenvalue weighted by atomic mass is 16.5. The molecule has 4 rings (SSSR count). The van der Waals surface area contributed by atoms with Gasteiger partial charge in [0.2, 0.25) is 0 Å². The first kappa shape index (κ1) is 18.6. The Balaban J connectivity index is 1.65. The molecular weight excluding hydrogens is 354 g/mol. The average Bonchev–Trinajstić information content (AvgIpc) is 3.25. The van der Waals surface area contributed by atoms with E-state index in [1.54, 1.807) is 7.11 Å². The zero-order chi connectivity index (χ0) is 19.7. The number of hydrogen-bond donors (Lipinski definition) is 0. The number of likely N-dealkylation sites (N-methyl/N-ethyl adjacent to an activating group) is 1. The molecule has 3 heterocycles. The molecule has 148 valence electrons. The Morgan fingerprint density at radius 2 is 1.82 bits per heavy atom. The number of piperazine rings is 1. The quantitative estimate of drug-likeness (QED) is 0.680. The van der Waals surface area contributed by atoms with Crippen LogP contribution in [0.4, 0.5) is 0 Å². The second kappa shape index (κ2) is 7.72. The van der Waals surface area contributed by atoms with Gasteiger partial charge in [-0.2, -0.15) is 0 Å². The summed E-state index contributed by atoms with van der Waals surface area (Å²) < 4.78 is 13.1. The second-order valence-electron chi connectivity index (χ2n) is 7.30. The Hall–Kier alpha value is -2.73. The molecule has 2 aromatic heterocycles. The lowest BCUT2D eigenvalue weighted by molar-refractivity contribution is 0.0633. The van der Waals surface area contributed by atoms with Gasteiger partial charge in [-0.3, -0.25) is 4.79 Å². The van der Waals surface area contributed by atoms with E-state index in [2.05, 4.69) is 16.4 Å². The largest absolute Gasteiger partial charge is 0.497 e. The molecule has 28 heavy (non-hydrogen) atoms. The van der Waals surface area contributed by atoms with Gasteiger partial charge >= 0.3 is 0 Å². The topological polar surface area (TPSA) is 50.8 Å². The van der Waals surface area contributed by atoms with E-state index < -0.39 is 0 Å². The first-order chi connectivity index (χ1) is 13.6. The zero-order valence-electron chi connectivity index (χ0n) is 16.8. The summed E-state index contributed by atoms with van der Waals surface area (Å²) in [6, 6.07) is 11.9. The third-order valence-electron chi connectivity index (χ3n) is 5.54. The summed E-state index contributed by atoms with van der Waals surface area (Å²) in [6.45, 7) is 9.12. The molecule has 0 atom stereocenters. The van der Waals surface area contributed by atoms with Crippen molar-refractivity contribution in [3.05, 3.63) is 53.4 Å². The van der Waals surface area contributed by atoms with E-state index >= 15 is 0 Å². The highest BCUT2D eigenvalue weighted by Crippen LogP contribution is 2.26. The van der Waals surface area contributed by atoms with Crippen molar-refractivity contribution in [2.24, 2.45) is 0 Å². The summed E-state index contributed by atoms with van der Waals surface area (Å²) >= 11 is 0. The fourth-order valence-electron chi connectivity index (χ4n) is 3.86. The number of nitrogens with zero attached hydrogens (tertiary/aromatic N) is 3. The summed E-state index contributed by atoms with van der Waals surface area (Å²) in [5, 5.41) is 0. The van der Waals surface area contributed by atoms with Gasteiger partial charge in [0.1, 0.15) is 17.2 Å². The van der Waals surface area contributed by atoms with Crippen LogP contribution < -0.4 is 4.74 Å². The van der Waals surface area contributed by atoms with Gasteiger partial charge in [0.25, 0.3) is 5.91 Å². The predicted octanol–water partition coefficient (Wildman–Crippen LogP) is 3.38. The van der Waals surface area contributed by atoms with Gasteiger partial charge < -0.3 is 23.5 Å². The van der Waals surface area contributed by atoms with Crippen molar-refractivity contribution >= 4 is 17.0 Å². The van der Waals surface area contributed by atoms with E-state index in [1.165, 1.54) is 0 Å². The lowest BCUT2D eigenvalue weighted by Crippen LogP contribution is -2.48. The van der Waals surface area contributed by atoms with Gasteiger partial charge in [-0.15, -0.1) is 0 Å². The molecule has 0 N–H and O–H groups in total. The van der Waals surface area contributed by atoms with Crippen LogP contribution in [0.5, 0.6) is 5.75 Å². The average molecular weight is 381 g/mol. The molecule has 1 aliphatic rings. The Morgan fingerprint density at radius 3 is 2.46 bits per heavy atom. The van der Waals surface area contributed by atoms with Crippen LogP contribution in [0.1, 0.15) is 28.7 Å². The zero-order valence-corrected chi connectivity index (χ0v) is 16.8. The number of aryl methyl sites for hydroxylation is 1. The van der Waals surface area contributed by atoms with Crippen LogP contribution in [0.3, 0.4) is 0 Å². The fraction of sp³-hybridized carbons (Fsp3) is 0.409. The van der Waals surface area contributed by atoms with Crippen molar-refractivity contribution < 1.29 is 13.9 Å². The minimum Gasteiger partial charge on any atom is -0.497 e. The molecule has 0 saturated carbocycles. The van der Waals surface area contributed by atoms with Gasteiger partial charge in [-0.05, 0) is 31.2 Å². The van der Waals surface area contributed by atoms with Crippen molar-refractivity contribution in [1.82, 2.24) is 14.4 Å². The summed E-state index contributed by atoms with van der Waals surface area (Å²) in [5.41, 5.74) is 3.53. The predicted molar refractivity (Wildman–Crippen MR) is 109 cm³/mol. The van der Waals surface area contributed by atoms with E-state index in [-0.39, 0.29) is 5.91 Å². The molecule has 1 saturated heterocycles. The number of rotatable bonds is 5. The molecule has 0 aliphatic carbocycles. The molecule has 1 aliphatic heterocycles. The molecule has 1 aromatic carbocycles. The van der Waals surface area contributed by atoms with Gasteiger partial charge in [0.05, 0.1) is 12.6 Å². The monoisotopic (exact) mass is 381 g/mol.